The van der Waals surface area contributed by atoms with Crippen LogP contribution < -0.4 is 5.32 Å². The Kier molecular flexibility index (Phi) is 8.53. The number of aryl methyl sites for hydroxylation is 1. The first-order chi connectivity index (χ1) is 18.9. The van der Waals surface area contributed by atoms with E-state index in [1.165, 1.54) is 32.1 Å². The number of rotatable bonds is 10. The van der Waals surface area contributed by atoms with Gasteiger partial charge in [0.2, 0.25) is 5.91 Å². The van der Waals surface area contributed by atoms with E-state index < -0.39 is 0 Å². The number of esters is 1. The molecule has 3 aromatic rings. The molecule has 2 fully saturated rings. The smallest absolute Gasteiger partial charge is 0.309 e. The highest BCUT2D eigenvalue weighted by atomic mass is 16.6. The first-order valence-corrected chi connectivity index (χ1v) is 14.6. The number of fused-ring (bicyclic) bond motifs is 1. The number of hydrogen-bond acceptors (Lipinski definition) is 7. The first kappa shape index (κ1) is 27.2. The van der Waals surface area contributed by atoms with Crippen molar-refractivity contribution < 1.29 is 14.3 Å². The summed E-state index contributed by atoms with van der Waals surface area (Å²) in [6, 6.07) is 3.65. The zero-order valence-corrected chi connectivity index (χ0v) is 23.3. The minimum Gasteiger partial charge on any atom is -0.460 e. The van der Waals surface area contributed by atoms with Crippen LogP contribution in [0.15, 0.2) is 30.7 Å². The van der Waals surface area contributed by atoms with Crippen molar-refractivity contribution in [3.8, 4) is 11.3 Å². The third kappa shape index (κ3) is 6.28. The van der Waals surface area contributed by atoms with Crippen LogP contribution in [0.3, 0.4) is 0 Å². The third-order valence-electron chi connectivity index (χ3n) is 8.26. The first-order valence-electron chi connectivity index (χ1n) is 14.6. The summed E-state index contributed by atoms with van der Waals surface area (Å²) in [6.07, 6.45) is 14.4. The molecule has 1 aliphatic carbocycles. The van der Waals surface area contributed by atoms with Crippen LogP contribution in [0.1, 0.15) is 83.7 Å². The molecule has 3 aromatic heterocycles. The lowest BCUT2D eigenvalue weighted by molar-refractivity contribution is -0.147. The van der Waals surface area contributed by atoms with E-state index in [1.54, 1.807) is 12.4 Å². The SMILES string of the molecule is CCCc1nc(-c2cccnc2)cn2c(CC(=O)N[C@@H](CC3CCCCC3)C3CC(C(C)C)C(=O)O3)nnc12. The molecule has 1 saturated carbocycles. The second-order valence-corrected chi connectivity index (χ2v) is 11.5. The molecule has 208 valence electrons. The van der Waals surface area contributed by atoms with Gasteiger partial charge in [-0.3, -0.25) is 19.0 Å². The highest BCUT2D eigenvalue weighted by Gasteiger charge is 2.41. The largest absolute Gasteiger partial charge is 0.460 e. The van der Waals surface area contributed by atoms with Crippen LogP contribution in [-0.2, 0) is 27.2 Å². The predicted molar refractivity (Wildman–Crippen MR) is 148 cm³/mol. The van der Waals surface area contributed by atoms with Crippen LogP contribution >= 0.6 is 0 Å². The highest BCUT2D eigenvalue weighted by molar-refractivity contribution is 5.79. The van der Waals surface area contributed by atoms with Gasteiger partial charge in [-0.25, -0.2) is 4.98 Å². The second-order valence-electron chi connectivity index (χ2n) is 11.5. The molecule has 0 radical (unpaired) electrons. The van der Waals surface area contributed by atoms with E-state index in [4.69, 9.17) is 9.72 Å². The van der Waals surface area contributed by atoms with E-state index in [0.29, 0.717) is 23.8 Å². The molecule has 0 spiro atoms. The van der Waals surface area contributed by atoms with Gasteiger partial charge >= 0.3 is 5.97 Å². The van der Waals surface area contributed by atoms with Gasteiger partial charge in [0.1, 0.15) is 11.9 Å². The summed E-state index contributed by atoms with van der Waals surface area (Å²) in [5.41, 5.74) is 3.20. The highest BCUT2D eigenvalue weighted by Crippen LogP contribution is 2.34. The second kappa shape index (κ2) is 12.2. The van der Waals surface area contributed by atoms with Crippen molar-refractivity contribution in [1.82, 2.24) is 29.9 Å². The van der Waals surface area contributed by atoms with E-state index in [0.717, 1.165) is 36.2 Å². The molecule has 0 aromatic carbocycles. The number of carbonyl (C=O) groups is 2. The maximum Gasteiger partial charge on any atom is 0.309 e. The number of ether oxygens (including phenoxy) is 1. The van der Waals surface area contributed by atoms with Gasteiger partial charge < -0.3 is 10.1 Å². The molecule has 1 saturated heterocycles. The van der Waals surface area contributed by atoms with E-state index >= 15 is 0 Å². The fourth-order valence-electron chi connectivity index (χ4n) is 6.09. The standard InChI is InChI=1S/C30H40N6O3/c1-4-9-23-29-35-34-27(36(29)18-25(32-23)21-12-8-13-31-17-21)16-28(37)33-24(14-20-10-6-5-7-11-20)26-15-22(19(2)3)30(38)39-26/h8,12-13,17-20,22,24,26H,4-7,9-11,14-16H2,1-3H3,(H,33,37)/t22?,24-,26?/m0/s1. The Labute approximate surface area is 230 Å². The number of nitrogens with zero attached hydrogens (tertiary/aromatic N) is 5. The maximum atomic E-state index is 13.5. The molecule has 4 heterocycles. The number of amides is 1. The van der Waals surface area contributed by atoms with Crippen LogP contribution in [0, 0.1) is 17.8 Å². The summed E-state index contributed by atoms with van der Waals surface area (Å²) in [6.45, 7) is 6.22. The van der Waals surface area contributed by atoms with E-state index in [1.807, 2.05) is 22.7 Å². The van der Waals surface area contributed by atoms with Crippen LogP contribution in [0.4, 0.5) is 0 Å². The average molecular weight is 533 g/mol. The molecule has 0 bridgehead atoms. The van der Waals surface area contributed by atoms with Crippen molar-refractivity contribution in [3.63, 3.8) is 0 Å². The summed E-state index contributed by atoms with van der Waals surface area (Å²) in [5.74, 6) is 0.936. The topological polar surface area (TPSA) is 111 Å². The lowest BCUT2D eigenvalue weighted by Gasteiger charge is -2.30. The fourth-order valence-corrected chi connectivity index (χ4v) is 6.09. The van der Waals surface area contributed by atoms with Gasteiger partial charge in [0, 0.05) is 24.2 Å². The molecular weight excluding hydrogens is 492 g/mol. The van der Waals surface area contributed by atoms with Crippen molar-refractivity contribution in [3.05, 3.63) is 42.2 Å². The molecule has 3 atom stereocenters. The summed E-state index contributed by atoms with van der Waals surface area (Å²) < 4.78 is 7.74. The molecule has 1 aliphatic heterocycles. The van der Waals surface area contributed by atoms with Crippen molar-refractivity contribution >= 4 is 17.5 Å². The van der Waals surface area contributed by atoms with Crippen molar-refractivity contribution in [2.75, 3.05) is 0 Å². The van der Waals surface area contributed by atoms with Gasteiger partial charge in [-0.05, 0) is 43.2 Å². The zero-order chi connectivity index (χ0) is 27.4. The summed E-state index contributed by atoms with van der Waals surface area (Å²) in [5, 5.41) is 12.0. The van der Waals surface area contributed by atoms with Crippen LogP contribution in [0.25, 0.3) is 16.9 Å². The lowest BCUT2D eigenvalue weighted by Crippen LogP contribution is -2.45. The number of pyridine rings is 1. The Morgan fingerprint density at radius 1 is 1.21 bits per heavy atom. The van der Waals surface area contributed by atoms with Crippen molar-refractivity contribution in [2.45, 2.75) is 97.1 Å². The minimum absolute atomic E-state index is 0.0820. The molecule has 1 N–H and O–H groups in total. The predicted octanol–water partition coefficient (Wildman–Crippen LogP) is 4.72. The molecule has 1 amide bonds. The molecule has 2 aliphatic rings. The average Bonchev–Trinajstić information content (AvgIpc) is 3.53. The molecule has 2 unspecified atom stereocenters. The summed E-state index contributed by atoms with van der Waals surface area (Å²) in [7, 11) is 0. The molecular formula is C30H40N6O3. The molecule has 5 rings (SSSR count). The maximum absolute atomic E-state index is 13.5. The van der Waals surface area contributed by atoms with Gasteiger partial charge in [0.25, 0.3) is 0 Å². The third-order valence-corrected chi connectivity index (χ3v) is 8.26. The van der Waals surface area contributed by atoms with Gasteiger partial charge in [-0.15, -0.1) is 10.2 Å². The van der Waals surface area contributed by atoms with Gasteiger partial charge in [-0.1, -0.05) is 59.3 Å². The number of nitrogens with one attached hydrogen (secondary N) is 1. The summed E-state index contributed by atoms with van der Waals surface area (Å²) in [4.78, 5) is 35.1. The Hall–Kier alpha value is -3.36. The van der Waals surface area contributed by atoms with Crippen molar-refractivity contribution in [2.24, 2.45) is 17.8 Å². The normalized spacial score (nSPS) is 20.9. The quantitative estimate of drug-likeness (QED) is 0.376. The fraction of sp³-hybridized carbons (Fsp3) is 0.600. The number of cyclic esters (lactones) is 1. The number of carbonyl (C=O) groups excluding carboxylic acids is 2. The zero-order valence-electron chi connectivity index (χ0n) is 23.3. The van der Waals surface area contributed by atoms with Gasteiger partial charge in [0.05, 0.1) is 29.8 Å². The number of hydrogen-bond donors (Lipinski definition) is 1. The number of aromatic nitrogens is 5. The minimum atomic E-state index is -0.288. The molecule has 39 heavy (non-hydrogen) atoms. The Bertz CT molecular complexity index is 1280. The van der Waals surface area contributed by atoms with Crippen LogP contribution in [0.2, 0.25) is 0 Å². The van der Waals surface area contributed by atoms with Gasteiger partial charge in [-0.2, -0.15) is 0 Å². The van der Waals surface area contributed by atoms with Crippen molar-refractivity contribution in [1.29, 1.82) is 0 Å². The Morgan fingerprint density at radius 2 is 2.03 bits per heavy atom. The van der Waals surface area contributed by atoms with Crippen LogP contribution in [-0.4, -0.2) is 48.6 Å². The van der Waals surface area contributed by atoms with E-state index in [-0.39, 0.29) is 42.3 Å². The lowest BCUT2D eigenvalue weighted by atomic mass is 9.82. The monoisotopic (exact) mass is 532 g/mol. The van der Waals surface area contributed by atoms with E-state index in [2.05, 4.69) is 41.3 Å². The van der Waals surface area contributed by atoms with Gasteiger partial charge in [0.15, 0.2) is 5.65 Å². The molecule has 9 nitrogen and oxygen atoms in total. The summed E-state index contributed by atoms with van der Waals surface area (Å²) >= 11 is 0. The Balaban J connectivity index is 1.37. The van der Waals surface area contributed by atoms with E-state index in [9.17, 15) is 9.59 Å². The Morgan fingerprint density at radius 3 is 2.72 bits per heavy atom. The molecule has 9 heteroatoms. The van der Waals surface area contributed by atoms with Crippen LogP contribution in [0.5, 0.6) is 0 Å².